The number of benzene rings is 1. The molecule has 5 nitrogen and oxygen atoms in total. The summed E-state index contributed by atoms with van der Waals surface area (Å²) in [6, 6.07) is 7.22. The Labute approximate surface area is 129 Å². The van der Waals surface area contributed by atoms with Gasteiger partial charge >= 0.3 is 5.97 Å². The maximum atomic E-state index is 12.9. The van der Waals surface area contributed by atoms with Gasteiger partial charge in [0, 0.05) is 20.1 Å². The minimum atomic E-state index is -0.947. The first-order valence-electron chi connectivity index (χ1n) is 7.75. The van der Waals surface area contributed by atoms with E-state index in [2.05, 4.69) is 6.07 Å². The van der Waals surface area contributed by atoms with E-state index in [4.69, 9.17) is 4.74 Å². The van der Waals surface area contributed by atoms with Crippen molar-refractivity contribution in [2.75, 3.05) is 13.7 Å². The van der Waals surface area contributed by atoms with E-state index in [9.17, 15) is 14.7 Å². The minimum absolute atomic E-state index is 0.0703. The molecule has 3 rings (SSSR count). The second-order valence-corrected chi connectivity index (χ2v) is 6.08. The van der Waals surface area contributed by atoms with Crippen LogP contribution >= 0.6 is 0 Å². The zero-order chi connectivity index (χ0) is 15.7. The Morgan fingerprint density at radius 1 is 1.32 bits per heavy atom. The summed E-state index contributed by atoms with van der Waals surface area (Å²) >= 11 is 0. The number of hydrogen-bond donors (Lipinski definition) is 1. The average Bonchev–Trinajstić information content (AvgIpc) is 2.98. The summed E-state index contributed by atoms with van der Waals surface area (Å²) < 4.78 is 5.27. The molecular formula is C17H21NO4. The summed E-state index contributed by atoms with van der Waals surface area (Å²) in [6.07, 6.45) is 2.92. The van der Waals surface area contributed by atoms with Crippen LogP contribution in [0.15, 0.2) is 24.3 Å². The summed E-state index contributed by atoms with van der Waals surface area (Å²) in [4.78, 5) is 25.9. The van der Waals surface area contributed by atoms with E-state index in [1.807, 2.05) is 18.2 Å². The van der Waals surface area contributed by atoms with E-state index < -0.39 is 12.0 Å². The van der Waals surface area contributed by atoms with Gasteiger partial charge in [-0.15, -0.1) is 0 Å². The van der Waals surface area contributed by atoms with Gasteiger partial charge in [-0.25, -0.2) is 4.79 Å². The summed E-state index contributed by atoms with van der Waals surface area (Å²) in [5.41, 5.74) is 2.27. The Kier molecular flexibility index (Phi) is 4.16. The smallest absolute Gasteiger partial charge is 0.326 e. The van der Waals surface area contributed by atoms with Crippen molar-refractivity contribution in [3.63, 3.8) is 0 Å². The molecule has 3 unspecified atom stereocenters. The van der Waals surface area contributed by atoms with Crippen LogP contribution in [0.1, 0.15) is 36.3 Å². The first-order chi connectivity index (χ1) is 10.6. The van der Waals surface area contributed by atoms with Gasteiger partial charge in [-0.3, -0.25) is 4.79 Å². The number of nitrogens with zero attached hydrogens (tertiary/aromatic N) is 1. The maximum Gasteiger partial charge on any atom is 0.326 e. The Hall–Kier alpha value is -1.88. The third kappa shape index (κ3) is 2.61. The molecule has 0 saturated carbocycles. The van der Waals surface area contributed by atoms with Crippen LogP contribution in [0.2, 0.25) is 0 Å². The third-order valence-electron chi connectivity index (χ3n) is 4.83. The van der Waals surface area contributed by atoms with Crippen LogP contribution in [-0.2, 0) is 20.7 Å². The van der Waals surface area contributed by atoms with Crippen molar-refractivity contribution in [3.05, 3.63) is 35.4 Å². The topological polar surface area (TPSA) is 66.8 Å². The van der Waals surface area contributed by atoms with Crippen LogP contribution in [0.4, 0.5) is 0 Å². The van der Waals surface area contributed by atoms with Crippen molar-refractivity contribution in [3.8, 4) is 0 Å². The number of aliphatic carboxylic acids is 1. The molecule has 3 atom stereocenters. The molecule has 1 aliphatic heterocycles. The van der Waals surface area contributed by atoms with Crippen molar-refractivity contribution in [1.82, 2.24) is 4.90 Å². The highest BCUT2D eigenvalue weighted by molar-refractivity contribution is 5.89. The number of carbonyl (C=O) groups is 2. The van der Waals surface area contributed by atoms with Crippen LogP contribution < -0.4 is 0 Å². The molecule has 1 aliphatic carbocycles. The number of carboxylic acids is 1. The third-order valence-corrected chi connectivity index (χ3v) is 4.83. The molecule has 2 aliphatic rings. The number of fused-ring (bicyclic) bond motifs is 1. The number of carbonyl (C=O) groups excluding carboxylic acids is 1. The number of carboxylic acid groups (broad SMARTS) is 1. The van der Waals surface area contributed by atoms with Gasteiger partial charge < -0.3 is 14.7 Å². The van der Waals surface area contributed by atoms with Crippen molar-refractivity contribution in [1.29, 1.82) is 0 Å². The number of ether oxygens (including phenoxy) is 1. The Morgan fingerprint density at radius 3 is 2.82 bits per heavy atom. The molecule has 1 saturated heterocycles. The molecule has 0 bridgehead atoms. The zero-order valence-corrected chi connectivity index (χ0v) is 12.7. The van der Waals surface area contributed by atoms with Crippen LogP contribution in [0.25, 0.3) is 0 Å². The molecule has 0 aromatic heterocycles. The first-order valence-corrected chi connectivity index (χ1v) is 7.75. The average molecular weight is 303 g/mol. The lowest BCUT2D eigenvalue weighted by Crippen LogP contribution is -2.43. The van der Waals surface area contributed by atoms with Crippen molar-refractivity contribution >= 4 is 11.9 Å². The van der Waals surface area contributed by atoms with E-state index >= 15 is 0 Å². The molecular weight excluding hydrogens is 282 g/mol. The molecule has 0 spiro atoms. The molecule has 1 aromatic carbocycles. The molecule has 5 heteroatoms. The second-order valence-electron chi connectivity index (χ2n) is 6.08. The molecule has 118 valence electrons. The highest BCUT2D eigenvalue weighted by Gasteiger charge is 2.42. The monoisotopic (exact) mass is 303 g/mol. The van der Waals surface area contributed by atoms with E-state index in [1.165, 1.54) is 10.5 Å². The highest BCUT2D eigenvalue weighted by atomic mass is 16.5. The van der Waals surface area contributed by atoms with Gasteiger partial charge in [-0.2, -0.15) is 0 Å². The summed E-state index contributed by atoms with van der Waals surface area (Å²) in [6.45, 7) is 0.366. The molecule has 1 aromatic rings. The van der Waals surface area contributed by atoms with Gasteiger partial charge in [0.2, 0.25) is 5.91 Å². The van der Waals surface area contributed by atoms with Gasteiger partial charge in [-0.05, 0) is 30.4 Å². The number of amides is 1. The minimum Gasteiger partial charge on any atom is -0.480 e. The molecule has 1 N–H and O–H groups in total. The summed E-state index contributed by atoms with van der Waals surface area (Å²) in [7, 11) is 1.56. The Morgan fingerprint density at radius 2 is 2.09 bits per heavy atom. The van der Waals surface area contributed by atoms with Crippen molar-refractivity contribution in [2.45, 2.75) is 43.7 Å². The lowest BCUT2D eigenvalue weighted by atomic mass is 9.82. The highest BCUT2D eigenvalue weighted by Crippen LogP contribution is 2.35. The van der Waals surface area contributed by atoms with Gasteiger partial charge in [0.05, 0.1) is 12.0 Å². The largest absolute Gasteiger partial charge is 0.480 e. The first kappa shape index (κ1) is 15.0. The standard InChI is InChI=1S/C17H21NO4/c1-22-12-9-15(17(20)21)18(10-12)16(19)14-8-4-6-11-5-2-3-7-13(11)14/h2-3,5,7,12,14-15H,4,6,8-10H2,1H3,(H,20,21). The van der Waals surface area contributed by atoms with Crippen LogP contribution in [0, 0.1) is 0 Å². The number of hydrogen-bond acceptors (Lipinski definition) is 3. The van der Waals surface area contributed by atoms with E-state index in [1.54, 1.807) is 7.11 Å². The van der Waals surface area contributed by atoms with Crippen molar-refractivity contribution < 1.29 is 19.4 Å². The molecule has 1 amide bonds. The van der Waals surface area contributed by atoms with Crippen LogP contribution in [-0.4, -0.2) is 47.7 Å². The predicted octanol–water partition coefficient (Wildman–Crippen LogP) is 1.81. The number of methoxy groups -OCH3 is 1. The lowest BCUT2D eigenvalue weighted by Gasteiger charge is -2.30. The number of aryl methyl sites for hydroxylation is 1. The zero-order valence-electron chi connectivity index (χ0n) is 12.7. The molecule has 22 heavy (non-hydrogen) atoms. The van der Waals surface area contributed by atoms with E-state index in [-0.39, 0.29) is 17.9 Å². The lowest BCUT2D eigenvalue weighted by molar-refractivity contribution is -0.148. The predicted molar refractivity (Wildman–Crippen MR) is 80.7 cm³/mol. The molecule has 0 radical (unpaired) electrons. The Balaban J connectivity index is 1.86. The SMILES string of the molecule is COC1CC(C(=O)O)N(C(=O)C2CCCc3ccccc32)C1. The molecule has 1 fully saturated rings. The van der Waals surface area contributed by atoms with Gasteiger partial charge in [0.25, 0.3) is 0 Å². The van der Waals surface area contributed by atoms with Gasteiger partial charge in [0.15, 0.2) is 0 Å². The van der Waals surface area contributed by atoms with E-state index in [0.717, 1.165) is 24.8 Å². The van der Waals surface area contributed by atoms with Crippen LogP contribution in [0.5, 0.6) is 0 Å². The second kappa shape index (κ2) is 6.08. The fourth-order valence-electron chi connectivity index (χ4n) is 3.66. The number of rotatable bonds is 3. The normalized spacial score (nSPS) is 27.5. The van der Waals surface area contributed by atoms with Crippen LogP contribution in [0.3, 0.4) is 0 Å². The summed E-state index contributed by atoms with van der Waals surface area (Å²) in [5.74, 6) is -1.24. The van der Waals surface area contributed by atoms with Gasteiger partial charge in [0.1, 0.15) is 6.04 Å². The van der Waals surface area contributed by atoms with Gasteiger partial charge in [-0.1, -0.05) is 24.3 Å². The fourth-order valence-corrected chi connectivity index (χ4v) is 3.66. The Bertz CT molecular complexity index is 586. The molecule has 1 heterocycles. The summed E-state index contributed by atoms with van der Waals surface area (Å²) in [5, 5.41) is 9.39. The number of likely N-dealkylation sites (tertiary alicyclic amines) is 1. The quantitative estimate of drug-likeness (QED) is 0.925. The van der Waals surface area contributed by atoms with E-state index in [0.29, 0.717) is 13.0 Å². The van der Waals surface area contributed by atoms with Crippen molar-refractivity contribution in [2.24, 2.45) is 0 Å². The maximum absolute atomic E-state index is 12.9. The fraction of sp³-hybridized carbons (Fsp3) is 0.529.